The third kappa shape index (κ3) is 4.56. The van der Waals surface area contributed by atoms with Crippen LogP contribution in [0.1, 0.15) is 25.7 Å². The molecule has 0 aliphatic rings. The topological polar surface area (TPSA) is 117 Å². The average Bonchev–Trinajstić information content (AvgIpc) is 3.40. The minimum atomic E-state index is -3.78. The maximum atomic E-state index is 12.5. The van der Waals surface area contributed by atoms with E-state index >= 15 is 0 Å². The number of imidazole rings is 2. The highest BCUT2D eigenvalue weighted by atomic mass is 32.2. The second-order valence-corrected chi connectivity index (χ2v) is 8.69. The van der Waals surface area contributed by atoms with E-state index in [4.69, 9.17) is 4.74 Å². The number of benzene rings is 1. The van der Waals surface area contributed by atoms with Gasteiger partial charge in [-0.1, -0.05) is 0 Å². The van der Waals surface area contributed by atoms with Crippen molar-refractivity contribution in [2.45, 2.75) is 31.8 Å². The fourth-order valence-electron chi connectivity index (χ4n) is 2.77. The second-order valence-electron chi connectivity index (χ2n) is 7.06. The van der Waals surface area contributed by atoms with E-state index in [9.17, 15) is 8.42 Å². The Bertz CT molecular complexity index is 1280. The Morgan fingerprint density at radius 1 is 1.03 bits per heavy atom. The summed E-state index contributed by atoms with van der Waals surface area (Å²) in [6, 6.07) is 10.1. The molecule has 0 aliphatic heterocycles. The zero-order valence-corrected chi connectivity index (χ0v) is 18.0. The molecule has 0 spiro atoms. The molecule has 4 rings (SSSR count). The summed E-state index contributed by atoms with van der Waals surface area (Å²) in [5.41, 5.74) is 0.392. The smallest absolute Gasteiger partial charge is 0.280 e. The van der Waals surface area contributed by atoms with Crippen molar-refractivity contribution in [1.82, 2.24) is 29.3 Å². The summed E-state index contributed by atoms with van der Waals surface area (Å²) in [5.74, 6) is 2.24. The molecular weight excluding hydrogens is 418 g/mol. The molecule has 0 bridgehead atoms. The van der Waals surface area contributed by atoms with Gasteiger partial charge in [0.2, 0.25) is 5.88 Å². The fourth-order valence-corrected chi connectivity index (χ4v) is 3.77. The number of nitrogens with one attached hydrogen (secondary N) is 1. The highest BCUT2D eigenvalue weighted by Crippen LogP contribution is 2.23. The molecule has 0 atom stereocenters. The molecule has 4 aromatic rings. The van der Waals surface area contributed by atoms with Gasteiger partial charge in [-0.05, 0) is 51.1 Å². The summed E-state index contributed by atoms with van der Waals surface area (Å²) < 4.78 is 36.8. The van der Waals surface area contributed by atoms with Crippen LogP contribution in [0.4, 0.5) is 5.69 Å². The first-order valence-corrected chi connectivity index (χ1v) is 11.0. The van der Waals surface area contributed by atoms with Crippen molar-refractivity contribution in [3.8, 4) is 17.4 Å². The lowest BCUT2D eigenvalue weighted by Gasteiger charge is -2.09. The molecule has 0 aliphatic carbocycles. The van der Waals surface area contributed by atoms with Crippen LogP contribution in [0, 0.1) is 6.92 Å². The lowest BCUT2D eigenvalue weighted by atomic mass is 10.3. The molecule has 1 aromatic carbocycles. The van der Waals surface area contributed by atoms with Gasteiger partial charge in [0, 0.05) is 36.4 Å². The Hall–Kier alpha value is -3.73. The van der Waals surface area contributed by atoms with E-state index in [1.165, 1.54) is 12.5 Å². The van der Waals surface area contributed by atoms with Crippen LogP contribution in [0.25, 0.3) is 5.82 Å². The quantitative estimate of drug-likeness (QED) is 0.469. The van der Waals surface area contributed by atoms with Gasteiger partial charge >= 0.3 is 0 Å². The number of hydrogen-bond acceptors (Lipinski definition) is 7. The Morgan fingerprint density at radius 2 is 1.81 bits per heavy atom. The monoisotopic (exact) mass is 439 g/mol. The number of rotatable bonds is 7. The number of aromatic nitrogens is 6. The molecule has 1 N–H and O–H groups in total. The molecule has 0 radical (unpaired) electrons. The molecule has 0 saturated heterocycles. The predicted octanol–water partition coefficient (Wildman–Crippen LogP) is 3.34. The Morgan fingerprint density at radius 3 is 2.39 bits per heavy atom. The molecule has 31 heavy (non-hydrogen) atoms. The van der Waals surface area contributed by atoms with E-state index < -0.39 is 10.0 Å². The highest BCUT2D eigenvalue weighted by molar-refractivity contribution is 7.92. The van der Waals surface area contributed by atoms with Crippen LogP contribution in [0.2, 0.25) is 0 Å². The van der Waals surface area contributed by atoms with Gasteiger partial charge in [0.05, 0.1) is 6.33 Å². The van der Waals surface area contributed by atoms with Crippen LogP contribution in [0.15, 0.2) is 66.3 Å². The first kappa shape index (κ1) is 20.5. The summed E-state index contributed by atoms with van der Waals surface area (Å²) in [5, 5.41) is 8.17. The molecule has 0 amide bonds. The fraction of sp³-hybridized carbons (Fsp3) is 0.200. The van der Waals surface area contributed by atoms with Crippen molar-refractivity contribution in [3.05, 3.63) is 67.1 Å². The number of nitrogens with zero attached hydrogens (tertiary/aromatic N) is 6. The van der Waals surface area contributed by atoms with Crippen molar-refractivity contribution in [1.29, 1.82) is 0 Å². The van der Waals surface area contributed by atoms with Gasteiger partial charge in [-0.2, -0.15) is 8.42 Å². The van der Waals surface area contributed by atoms with Crippen LogP contribution in [-0.2, 0) is 10.0 Å². The second kappa shape index (κ2) is 8.19. The average molecular weight is 440 g/mol. The van der Waals surface area contributed by atoms with Gasteiger partial charge in [-0.15, -0.1) is 10.2 Å². The van der Waals surface area contributed by atoms with Gasteiger partial charge in [0.1, 0.15) is 11.6 Å². The summed E-state index contributed by atoms with van der Waals surface area (Å²) in [6.07, 6.45) is 6.48. The first-order chi connectivity index (χ1) is 14.8. The molecule has 10 nitrogen and oxygen atoms in total. The minimum Gasteiger partial charge on any atom is -0.438 e. The van der Waals surface area contributed by atoms with Crippen LogP contribution < -0.4 is 9.46 Å². The van der Waals surface area contributed by atoms with Crippen LogP contribution >= 0.6 is 0 Å². The van der Waals surface area contributed by atoms with Gasteiger partial charge in [0.15, 0.2) is 10.8 Å². The van der Waals surface area contributed by atoms with E-state index in [-0.39, 0.29) is 11.1 Å². The molecule has 0 fully saturated rings. The Balaban J connectivity index is 1.43. The van der Waals surface area contributed by atoms with Gasteiger partial charge in [0.25, 0.3) is 10.0 Å². The number of anilines is 1. The minimum absolute atomic E-state index is 0.0370. The third-order valence-electron chi connectivity index (χ3n) is 4.48. The van der Waals surface area contributed by atoms with Crippen molar-refractivity contribution >= 4 is 15.7 Å². The molecule has 0 saturated carbocycles. The molecule has 3 aromatic heterocycles. The molecular formula is C20H21N7O3S. The van der Waals surface area contributed by atoms with Crippen LogP contribution in [0.3, 0.4) is 0 Å². The van der Waals surface area contributed by atoms with Gasteiger partial charge in [-0.25, -0.2) is 9.97 Å². The lowest BCUT2D eigenvalue weighted by molar-refractivity contribution is 0.454. The van der Waals surface area contributed by atoms with Crippen LogP contribution in [0.5, 0.6) is 11.6 Å². The first-order valence-electron chi connectivity index (χ1n) is 9.50. The van der Waals surface area contributed by atoms with Crippen molar-refractivity contribution in [2.75, 3.05) is 4.72 Å². The summed E-state index contributed by atoms with van der Waals surface area (Å²) in [6.45, 7) is 5.76. The standard InChI is InChI=1S/C20H21N7O3S/c1-14(2)26-12-20(22-13-26)31(28,29)25-16-4-6-17(7-5-16)30-19-9-8-18(23-24-19)27-11-10-21-15(27)3/h4-14,25H,1-3H3. The van der Waals surface area contributed by atoms with E-state index in [1.54, 1.807) is 53.4 Å². The number of ether oxygens (including phenoxy) is 1. The summed E-state index contributed by atoms with van der Waals surface area (Å²) in [4.78, 5) is 8.13. The number of sulfonamides is 1. The zero-order valence-electron chi connectivity index (χ0n) is 17.2. The number of aryl methyl sites for hydroxylation is 1. The molecule has 11 heteroatoms. The van der Waals surface area contributed by atoms with Gasteiger partial charge < -0.3 is 9.30 Å². The zero-order chi connectivity index (χ0) is 22.0. The summed E-state index contributed by atoms with van der Waals surface area (Å²) in [7, 11) is -3.78. The van der Waals surface area contributed by atoms with E-state index in [0.717, 1.165) is 5.82 Å². The van der Waals surface area contributed by atoms with Crippen molar-refractivity contribution < 1.29 is 13.2 Å². The van der Waals surface area contributed by atoms with E-state index in [1.807, 2.05) is 25.3 Å². The molecule has 3 heterocycles. The maximum Gasteiger partial charge on any atom is 0.280 e. The predicted molar refractivity (Wildman–Crippen MR) is 114 cm³/mol. The van der Waals surface area contributed by atoms with E-state index in [0.29, 0.717) is 23.1 Å². The van der Waals surface area contributed by atoms with Crippen LogP contribution in [-0.4, -0.2) is 37.7 Å². The maximum absolute atomic E-state index is 12.5. The SMILES string of the molecule is Cc1nccn1-c1ccc(Oc2ccc(NS(=O)(=O)c3cn(C(C)C)cn3)cc2)nn1. The molecule has 0 unspecified atom stereocenters. The van der Waals surface area contributed by atoms with Crippen molar-refractivity contribution in [3.63, 3.8) is 0 Å². The Labute approximate surface area is 179 Å². The van der Waals surface area contributed by atoms with Gasteiger partial charge in [-0.3, -0.25) is 9.29 Å². The third-order valence-corrected chi connectivity index (χ3v) is 5.74. The normalized spacial score (nSPS) is 11.6. The number of hydrogen-bond donors (Lipinski definition) is 1. The largest absolute Gasteiger partial charge is 0.438 e. The van der Waals surface area contributed by atoms with Crippen molar-refractivity contribution in [2.24, 2.45) is 0 Å². The van der Waals surface area contributed by atoms with E-state index in [2.05, 4.69) is 24.9 Å². The lowest BCUT2D eigenvalue weighted by Crippen LogP contribution is -2.13. The Kier molecular flexibility index (Phi) is 5.42. The highest BCUT2D eigenvalue weighted by Gasteiger charge is 2.18. The summed E-state index contributed by atoms with van der Waals surface area (Å²) >= 11 is 0. The molecule has 160 valence electrons.